The van der Waals surface area contributed by atoms with E-state index in [2.05, 4.69) is 20.2 Å². The maximum absolute atomic E-state index is 12.0. The number of carbonyl (C=O) groups excluding carboxylic acids is 3. The quantitative estimate of drug-likeness (QED) is 0.668. The van der Waals surface area contributed by atoms with Crippen molar-refractivity contribution in [1.82, 2.24) is 10.1 Å². The molecule has 0 aliphatic rings. The Bertz CT molecular complexity index is 869. The van der Waals surface area contributed by atoms with Gasteiger partial charge in [0.25, 0.3) is 5.91 Å². The van der Waals surface area contributed by atoms with E-state index >= 15 is 0 Å². The summed E-state index contributed by atoms with van der Waals surface area (Å²) in [7, 11) is 1.25. The second-order valence-electron chi connectivity index (χ2n) is 7.36. The number of methoxy groups -OCH3 is 1. The molecule has 0 unspecified atom stereocenters. The zero-order valence-electron chi connectivity index (χ0n) is 17.0. The highest BCUT2D eigenvalue weighted by molar-refractivity contribution is 6.01. The number of nitrogens with one attached hydrogen (secondary N) is 1. The van der Waals surface area contributed by atoms with Crippen LogP contribution in [0, 0.1) is 0 Å². The van der Waals surface area contributed by atoms with E-state index in [1.807, 2.05) is 20.8 Å². The van der Waals surface area contributed by atoms with E-state index < -0.39 is 24.5 Å². The fourth-order valence-corrected chi connectivity index (χ4v) is 2.33. The summed E-state index contributed by atoms with van der Waals surface area (Å²) in [6, 6.07) is 6.39. The second kappa shape index (κ2) is 9.81. The van der Waals surface area contributed by atoms with Crippen molar-refractivity contribution in [3.05, 3.63) is 41.5 Å². The van der Waals surface area contributed by atoms with Gasteiger partial charge in [0, 0.05) is 18.3 Å². The molecule has 0 spiro atoms. The smallest absolute Gasteiger partial charge is 0.339 e. The Morgan fingerprint density at radius 3 is 2.55 bits per heavy atom. The Morgan fingerprint density at radius 1 is 1.17 bits per heavy atom. The van der Waals surface area contributed by atoms with Gasteiger partial charge in [0.1, 0.15) is 0 Å². The third kappa shape index (κ3) is 6.70. The third-order valence-corrected chi connectivity index (χ3v) is 3.88. The first-order valence-electron chi connectivity index (χ1n) is 9.16. The molecule has 0 aliphatic carbocycles. The van der Waals surface area contributed by atoms with Crippen LogP contribution < -0.4 is 5.32 Å². The van der Waals surface area contributed by atoms with Gasteiger partial charge in [-0.05, 0) is 18.6 Å². The fraction of sp³-hybridized carbons (Fsp3) is 0.450. The summed E-state index contributed by atoms with van der Waals surface area (Å²) < 4.78 is 14.8. The van der Waals surface area contributed by atoms with Crippen LogP contribution in [-0.4, -0.2) is 41.7 Å². The lowest BCUT2D eigenvalue weighted by Crippen LogP contribution is -2.22. The number of hydrogen-bond donors (Lipinski definition) is 1. The number of aromatic nitrogens is 2. The van der Waals surface area contributed by atoms with Gasteiger partial charge in [-0.15, -0.1) is 0 Å². The van der Waals surface area contributed by atoms with E-state index in [1.54, 1.807) is 18.2 Å². The summed E-state index contributed by atoms with van der Waals surface area (Å²) in [6.45, 7) is 5.48. The van der Waals surface area contributed by atoms with Gasteiger partial charge in [0.2, 0.25) is 5.89 Å². The van der Waals surface area contributed by atoms with Crippen LogP contribution in [0.1, 0.15) is 55.7 Å². The zero-order chi connectivity index (χ0) is 21.4. The number of hydrogen-bond acceptors (Lipinski definition) is 8. The van der Waals surface area contributed by atoms with Crippen LogP contribution in [0.5, 0.6) is 0 Å². The minimum atomic E-state index is -0.575. The first-order chi connectivity index (χ1) is 13.7. The molecule has 29 heavy (non-hydrogen) atoms. The molecule has 1 aromatic heterocycles. The van der Waals surface area contributed by atoms with Gasteiger partial charge in [-0.2, -0.15) is 4.98 Å². The first kappa shape index (κ1) is 22.1. The van der Waals surface area contributed by atoms with Crippen molar-refractivity contribution in [2.24, 2.45) is 0 Å². The molecule has 1 aromatic carbocycles. The lowest BCUT2D eigenvalue weighted by Gasteiger charge is -2.10. The van der Waals surface area contributed by atoms with Crippen LogP contribution in [0.25, 0.3) is 0 Å². The summed E-state index contributed by atoms with van der Waals surface area (Å²) in [5.74, 6) is -0.578. The highest BCUT2D eigenvalue weighted by Crippen LogP contribution is 2.19. The molecule has 9 nitrogen and oxygen atoms in total. The molecule has 2 aromatic rings. The van der Waals surface area contributed by atoms with Crippen molar-refractivity contribution < 1.29 is 28.4 Å². The van der Waals surface area contributed by atoms with Gasteiger partial charge < -0.3 is 19.3 Å². The number of amides is 1. The first-order valence-corrected chi connectivity index (χ1v) is 9.16. The molecule has 1 heterocycles. The largest absolute Gasteiger partial charge is 0.465 e. The molecule has 1 N–H and O–H groups in total. The van der Waals surface area contributed by atoms with Gasteiger partial charge in [-0.3, -0.25) is 9.59 Å². The molecule has 0 bridgehead atoms. The molecular formula is C20H25N3O6. The standard InChI is InChI=1S/C20H25N3O6/c1-20(2,3)19-22-16(29-23-19)10-7-11-17(25)28-12-15(24)21-14-9-6-5-8-13(14)18(26)27-4/h5-6,8-9H,7,10-12H2,1-4H3,(H,21,24). The fourth-order valence-electron chi connectivity index (χ4n) is 2.33. The molecule has 9 heteroatoms. The van der Waals surface area contributed by atoms with Crippen LogP contribution >= 0.6 is 0 Å². The number of rotatable bonds is 8. The summed E-state index contributed by atoms with van der Waals surface area (Å²) in [5.41, 5.74) is 0.288. The molecule has 0 fully saturated rings. The number of nitrogens with zero attached hydrogens (tertiary/aromatic N) is 2. The maximum Gasteiger partial charge on any atom is 0.339 e. The van der Waals surface area contributed by atoms with Gasteiger partial charge in [-0.1, -0.05) is 38.1 Å². The van der Waals surface area contributed by atoms with E-state index in [1.165, 1.54) is 13.2 Å². The van der Waals surface area contributed by atoms with E-state index in [0.717, 1.165) is 0 Å². The molecule has 0 atom stereocenters. The van der Waals surface area contributed by atoms with Crippen LogP contribution in [-0.2, 0) is 30.9 Å². The van der Waals surface area contributed by atoms with Gasteiger partial charge >= 0.3 is 11.9 Å². The van der Waals surface area contributed by atoms with Crippen molar-refractivity contribution in [3.8, 4) is 0 Å². The van der Waals surface area contributed by atoms with Crippen molar-refractivity contribution in [2.45, 2.75) is 45.4 Å². The zero-order valence-corrected chi connectivity index (χ0v) is 17.0. The minimum Gasteiger partial charge on any atom is -0.465 e. The lowest BCUT2D eigenvalue weighted by molar-refractivity contribution is -0.147. The predicted octanol–water partition coefficient (Wildman–Crippen LogP) is 2.66. The number of anilines is 1. The summed E-state index contributed by atoms with van der Waals surface area (Å²) in [4.78, 5) is 39.8. The van der Waals surface area contributed by atoms with Crippen LogP contribution in [0.2, 0.25) is 0 Å². The van der Waals surface area contributed by atoms with Crippen molar-refractivity contribution in [1.29, 1.82) is 0 Å². The van der Waals surface area contributed by atoms with Crippen molar-refractivity contribution >= 4 is 23.5 Å². The van der Waals surface area contributed by atoms with Crippen LogP contribution in [0.15, 0.2) is 28.8 Å². The third-order valence-electron chi connectivity index (χ3n) is 3.88. The SMILES string of the molecule is COC(=O)c1ccccc1NC(=O)COC(=O)CCCc1nc(C(C)(C)C)no1. The highest BCUT2D eigenvalue weighted by atomic mass is 16.5. The number of carbonyl (C=O) groups is 3. The predicted molar refractivity (Wildman–Crippen MR) is 103 cm³/mol. The number of aryl methyl sites for hydroxylation is 1. The molecule has 2 rings (SSSR count). The van der Waals surface area contributed by atoms with Gasteiger partial charge in [0.15, 0.2) is 12.4 Å². The van der Waals surface area contributed by atoms with E-state index in [-0.39, 0.29) is 23.1 Å². The Labute approximate surface area is 168 Å². The van der Waals surface area contributed by atoms with Gasteiger partial charge in [-0.25, -0.2) is 4.79 Å². The Kier molecular flexibility index (Phi) is 7.46. The molecular weight excluding hydrogens is 378 g/mol. The molecule has 156 valence electrons. The molecule has 1 amide bonds. The van der Waals surface area contributed by atoms with E-state index in [9.17, 15) is 14.4 Å². The summed E-state index contributed by atoms with van der Waals surface area (Å²) in [6.07, 6.45) is 1.01. The monoisotopic (exact) mass is 403 g/mol. The molecule has 0 aliphatic heterocycles. The second-order valence-corrected chi connectivity index (χ2v) is 7.36. The van der Waals surface area contributed by atoms with Gasteiger partial charge in [0.05, 0.1) is 18.4 Å². The van der Waals surface area contributed by atoms with Crippen LogP contribution in [0.4, 0.5) is 5.69 Å². The van der Waals surface area contributed by atoms with Crippen LogP contribution in [0.3, 0.4) is 0 Å². The average Bonchev–Trinajstić information content (AvgIpc) is 3.15. The normalized spacial score (nSPS) is 11.0. The molecule has 0 radical (unpaired) electrons. The Morgan fingerprint density at radius 2 is 1.90 bits per heavy atom. The topological polar surface area (TPSA) is 121 Å². The minimum absolute atomic E-state index is 0.110. The molecule has 0 saturated heterocycles. The summed E-state index contributed by atoms with van der Waals surface area (Å²) >= 11 is 0. The molecule has 0 saturated carbocycles. The number of benzene rings is 1. The summed E-state index contributed by atoms with van der Waals surface area (Å²) in [5, 5.41) is 6.45. The maximum atomic E-state index is 12.0. The van der Waals surface area contributed by atoms with Crippen molar-refractivity contribution in [3.63, 3.8) is 0 Å². The average molecular weight is 403 g/mol. The number of para-hydroxylation sites is 1. The Hall–Kier alpha value is -3.23. The van der Waals surface area contributed by atoms with E-state index in [4.69, 9.17) is 9.26 Å². The van der Waals surface area contributed by atoms with E-state index in [0.29, 0.717) is 24.6 Å². The number of esters is 2. The van der Waals surface area contributed by atoms with Crippen molar-refractivity contribution in [2.75, 3.05) is 19.0 Å². The lowest BCUT2D eigenvalue weighted by atomic mass is 9.96. The Balaban J connectivity index is 1.75. The number of ether oxygens (including phenoxy) is 2. The highest BCUT2D eigenvalue weighted by Gasteiger charge is 2.21.